The monoisotopic (exact) mass is 295 g/mol. The van der Waals surface area contributed by atoms with Crippen molar-refractivity contribution < 1.29 is 0 Å². The highest BCUT2D eigenvalue weighted by molar-refractivity contribution is 7.71. The normalized spacial score (nSPS) is 19.9. The first kappa shape index (κ1) is 12.8. The largest absolute Gasteiger partial charge is 0.345 e. The number of nitrogens with zero attached hydrogens (tertiary/aromatic N) is 4. The number of aromatic amines is 1. The lowest BCUT2D eigenvalue weighted by atomic mass is 10.1. The predicted molar refractivity (Wildman–Crippen MR) is 80.2 cm³/mol. The standard InChI is InChI=1S/C12H17N5S2/c1-8-5-3-4-6-17(8)12-13-7-9(19-12)10-14-15-11(18)16(10)2/h7-8H,3-6H2,1-2H3,(H,15,18). The number of H-pyrrole nitrogens is 1. The minimum atomic E-state index is 0.579. The molecule has 7 heteroatoms. The Morgan fingerprint density at radius 2 is 2.32 bits per heavy atom. The van der Waals surface area contributed by atoms with Crippen LogP contribution in [0.1, 0.15) is 26.2 Å². The van der Waals surface area contributed by atoms with Crippen molar-refractivity contribution in [2.75, 3.05) is 11.4 Å². The third-order valence-corrected chi connectivity index (χ3v) is 5.04. The van der Waals surface area contributed by atoms with Crippen molar-refractivity contribution in [2.24, 2.45) is 7.05 Å². The Kier molecular flexibility index (Phi) is 3.40. The number of hydrogen-bond acceptors (Lipinski definition) is 5. The molecule has 0 radical (unpaired) electrons. The van der Waals surface area contributed by atoms with Gasteiger partial charge in [0, 0.05) is 19.6 Å². The van der Waals surface area contributed by atoms with E-state index >= 15 is 0 Å². The van der Waals surface area contributed by atoms with Crippen LogP contribution in [0.2, 0.25) is 0 Å². The first-order chi connectivity index (χ1) is 9.16. The number of piperidine rings is 1. The van der Waals surface area contributed by atoms with E-state index in [9.17, 15) is 0 Å². The molecule has 0 saturated carbocycles. The van der Waals surface area contributed by atoms with Gasteiger partial charge in [-0.3, -0.25) is 5.10 Å². The van der Waals surface area contributed by atoms with E-state index in [0.29, 0.717) is 10.8 Å². The Morgan fingerprint density at radius 3 is 3.00 bits per heavy atom. The van der Waals surface area contributed by atoms with E-state index in [1.54, 1.807) is 11.3 Å². The Balaban J connectivity index is 1.91. The van der Waals surface area contributed by atoms with Crippen molar-refractivity contribution in [3.63, 3.8) is 0 Å². The SMILES string of the molecule is CC1CCCCN1c1ncc(-c2n[nH]c(=S)n2C)s1. The molecule has 1 atom stereocenters. The Bertz CT molecular complexity index is 626. The van der Waals surface area contributed by atoms with Crippen molar-refractivity contribution in [3.05, 3.63) is 11.0 Å². The second kappa shape index (κ2) is 5.05. The quantitative estimate of drug-likeness (QED) is 0.865. The van der Waals surface area contributed by atoms with E-state index in [-0.39, 0.29) is 0 Å². The van der Waals surface area contributed by atoms with Gasteiger partial charge in [0.25, 0.3) is 0 Å². The molecule has 1 aliphatic rings. The average molecular weight is 295 g/mol. The first-order valence-electron chi connectivity index (χ1n) is 6.51. The van der Waals surface area contributed by atoms with Gasteiger partial charge in [-0.25, -0.2) is 4.98 Å². The van der Waals surface area contributed by atoms with Gasteiger partial charge in [0.05, 0.1) is 11.1 Å². The Hall–Kier alpha value is -1.21. The first-order valence-corrected chi connectivity index (χ1v) is 7.73. The highest BCUT2D eigenvalue weighted by Crippen LogP contribution is 2.32. The zero-order valence-corrected chi connectivity index (χ0v) is 12.7. The molecule has 1 unspecified atom stereocenters. The van der Waals surface area contributed by atoms with Crippen molar-refractivity contribution >= 4 is 28.7 Å². The van der Waals surface area contributed by atoms with Gasteiger partial charge >= 0.3 is 0 Å². The maximum atomic E-state index is 5.14. The highest BCUT2D eigenvalue weighted by Gasteiger charge is 2.22. The second-order valence-corrected chi connectivity index (χ2v) is 6.35. The fourth-order valence-electron chi connectivity index (χ4n) is 2.45. The molecule has 102 valence electrons. The van der Waals surface area contributed by atoms with Crippen LogP contribution in [0.15, 0.2) is 6.20 Å². The van der Waals surface area contributed by atoms with Crippen LogP contribution in [0, 0.1) is 4.77 Å². The van der Waals surface area contributed by atoms with Crippen LogP contribution in [-0.4, -0.2) is 32.3 Å². The van der Waals surface area contributed by atoms with Crippen molar-refractivity contribution in [1.29, 1.82) is 0 Å². The molecule has 0 spiro atoms. The lowest BCUT2D eigenvalue weighted by Gasteiger charge is -2.32. The number of thiazole rings is 1. The van der Waals surface area contributed by atoms with E-state index < -0.39 is 0 Å². The van der Waals surface area contributed by atoms with Crippen LogP contribution in [0.5, 0.6) is 0 Å². The van der Waals surface area contributed by atoms with Crippen LogP contribution in [0.4, 0.5) is 5.13 Å². The van der Waals surface area contributed by atoms with E-state index in [1.165, 1.54) is 19.3 Å². The van der Waals surface area contributed by atoms with Gasteiger partial charge in [-0.05, 0) is 38.4 Å². The number of nitrogens with one attached hydrogen (secondary N) is 1. The number of anilines is 1. The van der Waals surface area contributed by atoms with Gasteiger partial charge in [0.2, 0.25) is 0 Å². The summed E-state index contributed by atoms with van der Waals surface area (Å²) in [6.07, 6.45) is 5.73. The average Bonchev–Trinajstić information content (AvgIpc) is 2.99. The molecule has 19 heavy (non-hydrogen) atoms. The van der Waals surface area contributed by atoms with Crippen molar-refractivity contribution in [1.82, 2.24) is 19.7 Å². The smallest absolute Gasteiger partial charge is 0.195 e. The molecule has 1 fully saturated rings. The minimum absolute atomic E-state index is 0.579. The lowest BCUT2D eigenvalue weighted by Crippen LogP contribution is -2.37. The summed E-state index contributed by atoms with van der Waals surface area (Å²) in [5.74, 6) is 0.860. The second-order valence-electron chi connectivity index (χ2n) is 4.96. The zero-order chi connectivity index (χ0) is 13.4. The molecular formula is C12H17N5S2. The fraction of sp³-hybridized carbons (Fsp3) is 0.583. The summed E-state index contributed by atoms with van der Waals surface area (Å²) in [7, 11) is 1.92. The predicted octanol–water partition coefficient (Wildman–Crippen LogP) is 2.98. The molecule has 3 rings (SSSR count). The van der Waals surface area contributed by atoms with Crippen LogP contribution in [-0.2, 0) is 7.05 Å². The molecule has 0 aliphatic carbocycles. The molecule has 0 amide bonds. The maximum Gasteiger partial charge on any atom is 0.195 e. The summed E-state index contributed by atoms with van der Waals surface area (Å²) in [4.78, 5) is 8.02. The molecule has 2 aromatic rings. The maximum absolute atomic E-state index is 5.14. The van der Waals surface area contributed by atoms with Crippen LogP contribution >= 0.6 is 23.6 Å². The van der Waals surface area contributed by atoms with Gasteiger partial charge in [-0.2, -0.15) is 5.10 Å². The van der Waals surface area contributed by atoms with E-state index in [2.05, 4.69) is 27.0 Å². The van der Waals surface area contributed by atoms with E-state index in [0.717, 1.165) is 22.4 Å². The zero-order valence-electron chi connectivity index (χ0n) is 11.1. The van der Waals surface area contributed by atoms with Crippen LogP contribution < -0.4 is 4.90 Å². The molecule has 0 aromatic carbocycles. The van der Waals surface area contributed by atoms with Crippen LogP contribution in [0.25, 0.3) is 10.7 Å². The molecule has 0 bridgehead atoms. The van der Waals surface area contributed by atoms with E-state index in [4.69, 9.17) is 12.2 Å². The minimum Gasteiger partial charge on any atom is -0.345 e. The highest BCUT2D eigenvalue weighted by atomic mass is 32.1. The molecule has 1 saturated heterocycles. The third-order valence-electron chi connectivity index (χ3n) is 3.64. The summed E-state index contributed by atoms with van der Waals surface area (Å²) >= 11 is 6.83. The van der Waals surface area contributed by atoms with E-state index in [1.807, 2.05) is 17.8 Å². The molecular weight excluding hydrogens is 278 g/mol. The summed E-state index contributed by atoms with van der Waals surface area (Å²) in [6, 6.07) is 0.579. The topological polar surface area (TPSA) is 49.7 Å². The number of rotatable bonds is 2. The molecule has 1 N–H and O–H groups in total. The lowest BCUT2D eigenvalue weighted by molar-refractivity contribution is 0.484. The molecule has 1 aliphatic heterocycles. The summed E-state index contributed by atoms with van der Waals surface area (Å²) < 4.78 is 2.52. The van der Waals surface area contributed by atoms with Crippen molar-refractivity contribution in [3.8, 4) is 10.7 Å². The third kappa shape index (κ3) is 2.32. The fourth-order valence-corrected chi connectivity index (χ4v) is 3.65. The number of hydrogen-bond donors (Lipinski definition) is 1. The molecule has 3 heterocycles. The molecule has 5 nitrogen and oxygen atoms in total. The summed E-state index contributed by atoms with van der Waals surface area (Å²) in [5.41, 5.74) is 0. The van der Waals surface area contributed by atoms with Gasteiger partial charge in [0.1, 0.15) is 0 Å². The van der Waals surface area contributed by atoms with Gasteiger partial charge < -0.3 is 9.47 Å². The summed E-state index contributed by atoms with van der Waals surface area (Å²) in [6.45, 7) is 3.38. The van der Waals surface area contributed by atoms with Gasteiger partial charge in [-0.1, -0.05) is 11.3 Å². The van der Waals surface area contributed by atoms with Crippen LogP contribution in [0.3, 0.4) is 0 Å². The Morgan fingerprint density at radius 1 is 1.47 bits per heavy atom. The number of aromatic nitrogens is 4. The summed E-state index contributed by atoms with van der Waals surface area (Å²) in [5, 5.41) is 8.17. The van der Waals surface area contributed by atoms with Crippen molar-refractivity contribution in [2.45, 2.75) is 32.2 Å². The molecule has 2 aromatic heterocycles. The van der Waals surface area contributed by atoms with Gasteiger partial charge in [-0.15, -0.1) is 0 Å². The Labute approximate surface area is 121 Å². The van der Waals surface area contributed by atoms with Gasteiger partial charge in [0.15, 0.2) is 15.7 Å².